The predicted octanol–water partition coefficient (Wildman–Crippen LogP) is 2.15. The van der Waals surface area contributed by atoms with Crippen molar-refractivity contribution in [2.45, 2.75) is 38.6 Å². The summed E-state index contributed by atoms with van der Waals surface area (Å²) in [5, 5.41) is 3.98. The first-order valence-electron chi connectivity index (χ1n) is 7.19. The second-order valence-electron chi connectivity index (χ2n) is 5.31. The van der Waals surface area contributed by atoms with Gasteiger partial charge in [0.2, 0.25) is 11.8 Å². The molecule has 1 saturated heterocycles. The van der Waals surface area contributed by atoms with E-state index in [1.54, 1.807) is 21.1 Å². The standard InChI is InChI=1S/C15H22N2O2S/c1-3-4-5-13-15(19)16(2)7-8-17(13)14(18)10-12-6-9-20-11-12/h6,9,11,13H,3-5,7-8,10H2,1-2H3. The summed E-state index contributed by atoms with van der Waals surface area (Å²) in [7, 11) is 1.82. The Morgan fingerprint density at radius 3 is 2.90 bits per heavy atom. The van der Waals surface area contributed by atoms with E-state index >= 15 is 0 Å². The highest BCUT2D eigenvalue weighted by atomic mass is 32.1. The average molecular weight is 294 g/mol. The lowest BCUT2D eigenvalue weighted by atomic mass is 10.0. The van der Waals surface area contributed by atoms with Gasteiger partial charge in [0.1, 0.15) is 6.04 Å². The van der Waals surface area contributed by atoms with Gasteiger partial charge in [-0.3, -0.25) is 9.59 Å². The van der Waals surface area contributed by atoms with Gasteiger partial charge in [0, 0.05) is 20.1 Å². The number of carbonyl (C=O) groups is 2. The second-order valence-corrected chi connectivity index (χ2v) is 6.09. The zero-order valence-electron chi connectivity index (χ0n) is 12.2. The van der Waals surface area contributed by atoms with Crippen molar-refractivity contribution >= 4 is 23.2 Å². The number of likely N-dealkylation sites (N-methyl/N-ethyl adjacent to an activating group) is 1. The zero-order chi connectivity index (χ0) is 14.5. The van der Waals surface area contributed by atoms with Crippen LogP contribution in [0.5, 0.6) is 0 Å². The summed E-state index contributed by atoms with van der Waals surface area (Å²) in [6.45, 7) is 3.39. The lowest BCUT2D eigenvalue weighted by Gasteiger charge is -2.39. The van der Waals surface area contributed by atoms with E-state index in [0.717, 1.165) is 24.8 Å². The molecule has 0 radical (unpaired) electrons. The lowest BCUT2D eigenvalue weighted by Crippen LogP contribution is -2.57. The fourth-order valence-corrected chi connectivity index (χ4v) is 3.22. The van der Waals surface area contributed by atoms with Crippen molar-refractivity contribution < 1.29 is 9.59 Å². The molecule has 1 aromatic heterocycles. The van der Waals surface area contributed by atoms with Crippen LogP contribution in [0.15, 0.2) is 16.8 Å². The fraction of sp³-hybridized carbons (Fsp3) is 0.600. The van der Waals surface area contributed by atoms with Gasteiger partial charge >= 0.3 is 0 Å². The summed E-state index contributed by atoms with van der Waals surface area (Å²) >= 11 is 1.60. The third-order valence-corrected chi connectivity index (χ3v) is 4.53. The van der Waals surface area contributed by atoms with Crippen LogP contribution in [-0.4, -0.2) is 47.8 Å². The molecule has 0 spiro atoms. The Balaban J connectivity index is 2.06. The van der Waals surface area contributed by atoms with E-state index in [1.807, 2.05) is 23.9 Å². The first kappa shape index (κ1) is 15.0. The van der Waals surface area contributed by atoms with Crippen LogP contribution >= 0.6 is 11.3 Å². The predicted molar refractivity (Wildman–Crippen MR) is 80.7 cm³/mol. The molecule has 0 aromatic carbocycles. The van der Waals surface area contributed by atoms with Crippen LogP contribution in [0.25, 0.3) is 0 Å². The third kappa shape index (κ3) is 3.39. The van der Waals surface area contributed by atoms with Crippen LogP contribution in [0, 0.1) is 0 Å². The molecule has 1 aliphatic rings. The maximum absolute atomic E-state index is 12.5. The molecule has 110 valence electrons. The molecule has 0 aliphatic carbocycles. The molecule has 4 nitrogen and oxygen atoms in total. The van der Waals surface area contributed by atoms with Crippen LogP contribution in [0.1, 0.15) is 31.7 Å². The van der Waals surface area contributed by atoms with Gasteiger partial charge < -0.3 is 9.80 Å². The molecule has 1 aromatic rings. The van der Waals surface area contributed by atoms with Crippen LogP contribution < -0.4 is 0 Å². The van der Waals surface area contributed by atoms with Crippen molar-refractivity contribution in [2.24, 2.45) is 0 Å². The number of hydrogen-bond donors (Lipinski definition) is 0. The Labute approximate surface area is 124 Å². The van der Waals surface area contributed by atoms with Gasteiger partial charge in [0.05, 0.1) is 6.42 Å². The molecule has 5 heteroatoms. The number of thiophene rings is 1. The molecular weight excluding hydrogens is 272 g/mol. The quantitative estimate of drug-likeness (QED) is 0.835. The van der Waals surface area contributed by atoms with E-state index in [9.17, 15) is 9.59 Å². The molecule has 2 heterocycles. The Morgan fingerprint density at radius 1 is 1.45 bits per heavy atom. The van der Waals surface area contributed by atoms with Gasteiger partial charge in [-0.15, -0.1) is 0 Å². The molecule has 1 aliphatic heterocycles. The molecule has 2 amide bonds. The smallest absolute Gasteiger partial charge is 0.245 e. The zero-order valence-corrected chi connectivity index (χ0v) is 13.0. The number of carbonyl (C=O) groups excluding carboxylic acids is 2. The minimum atomic E-state index is -0.264. The van der Waals surface area contributed by atoms with Crippen molar-refractivity contribution in [3.8, 4) is 0 Å². The topological polar surface area (TPSA) is 40.6 Å². The largest absolute Gasteiger partial charge is 0.342 e. The van der Waals surface area contributed by atoms with E-state index in [0.29, 0.717) is 19.5 Å². The van der Waals surface area contributed by atoms with Crippen molar-refractivity contribution in [1.82, 2.24) is 9.80 Å². The maximum atomic E-state index is 12.5. The second kappa shape index (κ2) is 6.88. The number of piperazine rings is 1. The minimum absolute atomic E-state index is 0.0750. The molecule has 1 fully saturated rings. The first-order valence-corrected chi connectivity index (χ1v) is 8.13. The highest BCUT2D eigenvalue weighted by molar-refractivity contribution is 7.07. The van der Waals surface area contributed by atoms with Crippen molar-refractivity contribution in [3.63, 3.8) is 0 Å². The molecule has 1 unspecified atom stereocenters. The summed E-state index contributed by atoms with van der Waals surface area (Å²) in [5.41, 5.74) is 1.04. The van der Waals surface area contributed by atoms with E-state index in [4.69, 9.17) is 0 Å². The number of hydrogen-bond acceptors (Lipinski definition) is 3. The summed E-state index contributed by atoms with van der Waals surface area (Å²) in [4.78, 5) is 28.3. The SMILES string of the molecule is CCCCC1C(=O)N(C)CCN1C(=O)Cc1ccsc1. The summed E-state index contributed by atoms with van der Waals surface area (Å²) in [5.74, 6) is 0.161. The van der Waals surface area contributed by atoms with Crippen LogP contribution in [0.3, 0.4) is 0 Å². The number of unbranched alkanes of at least 4 members (excludes halogenated alkanes) is 1. The summed E-state index contributed by atoms with van der Waals surface area (Å²) in [6.07, 6.45) is 3.20. The van der Waals surface area contributed by atoms with Gasteiger partial charge in [-0.25, -0.2) is 0 Å². The van der Waals surface area contributed by atoms with Gasteiger partial charge in [0.15, 0.2) is 0 Å². The van der Waals surface area contributed by atoms with E-state index < -0.39 is 0 Å². The van der Waals surface area contributed by atoms with Gasteiger partial charge in [-0.05, 0) is 28.8 Å². The fourth-order valence-electron chi connectivity index (χ4n) is 2.56. The Bertz CT molecular complexity index is 458. The van der Waals surface area contributed by atoms with Crippen molar-refractivity contribution in [2.75, 3.05) is 20.1 Å². The number of nitrogens with zero attached hydrogens (tertiary/aromatic N) is 2. The van der Waals surface area contributed by atoms with E-state index in [-0.39, 0.29) is 17.9 Å². The number of amides is 2. The molecule has 0 N–H and O–H groups in total. The van der Waals surface area contributed by atoms with Gasteiger partial charge in [-0.2, -0.15) is 11.3 Å². The normalized spacial score (nSPS) is 19.5. The first-order chi connectivity index (χ1) is 9.63. The van der Waals surface area contributed by atoms with Crippen LogP contribution in [-0.2, 0) is 16.0 Å². The third-order valence-electron chi connectivity index (χ3n) is 3.80. The summed E-state index contributed by atoms with van der Waals surface area (Å²) in [6, 6.07) is 1.71. The highest BCUT2D eigenvalue weighted by Crippen LogP contribution is 2.18. The molecule has 0 bridgehead atoms. The van der Waals surface area contributed by atoms with Crippen LogP contribution in [0.4, 0.5) is 0 Å². The van der Waals surface area contributed by atoms with Crippen molar-refractivity contribution in [3.05, 3.63) is 22.4 Å². The Kier molecular flexibility index (Phi) is 5.17. The maximum Gasteiger partial charge on any atom is 0.245 e. The van der Waals surface area contributed by atoms with Gasteiger partial charge in [0.25, 0.3) is 0 Å². The summed E-state index contributed by atoms with van der Waals surface area (Å²) < 4.78 is 0. The average Bonchev–Trinajstić information content (AvgIpc) is 2.93. The number of rotatable bonds is 5. The molecule has 20 heavy (non-hydrogen) atoms. The monoisotopic (exact) mass is 294 g/mol. The molecule has 2 rings (SSSR count). The van der Waals surface area contributed by atoms with E-state index in [1.165, 1.54) is 0 Å². The van der Waals surface area contributed by atoms with Gasteiger partial charge in [-0.1, -0.05) is 19.8 Å². The Morgan fingerprint density at radius 2 is 2.25 bits per heavy atom. The Hall–Kier alpha value is -1.36. The molecule has 1 atom stereocenters. The minimum Gasteiger partial charge on any atom is -0.342 e. The molecular formula is C15H22N2O2S. The van der Waals surface area contributed by atoms with Crippen LogP contribution in [0.2, 0.25) is 0 Å². The highest BCUT2D eigenvalue weighted by Gasteiger charge is 2.35. The van der Waals surface area contributed by atoms with E-state index in [2.05, 4.69) is 6.92 Å². The van der Waals surface area contributed by atoms with Crippen molar-refractivity contribution in [1.29, 1.82) is 0 Å². The molecule has 0 saturated carbocycles. The lowest BCUT2D eigenvalue weighted by molar-refractivity contribution is -0.150.